The van der Waals surface area contributed by atoms with Gasteiger partial charge >= 0.3 is 0 Å². The zero-order chi connectivity index (χ0) is 13.9. The van der Waals surface area contributed by atoms with Gasteiger partial charge in [-0.15, -0.1) is 0 Å². The van der Waals surface area contributed by atoms with Crippen LogP contribution in [0.1, 0.15) is 88.0 Å². The Hall–Kier alpha value is 0. The summed E-state index contributed by atoms with van der Waals surface area (Å²) in [6, 6.07) is 0. The topological polar surface area (TPSA) is 0 Å². The summed E-state index contributed by atoms with van der Waals surface area (Å²) in [5.41, 5.74) is 1.35. The molecule has 0 heterocycles. The van der Waals surface area contributed by atoms with E-state index in [2.05, 4.69) is 62.3 Å². The highest BCUT2D eigenvalue weighted by atomic mass is 14.4. The molecule has 0 saturated carbocycles. The molecule has 104 valence electrons. The van der Waals surface area contributed by atoms with Gasteiger partial charge in [-0.05, 0) is 35.0 Å². The second kappa shape index (κ2) is 5.76. The Labute approximate surface area is 111 Å². The lowest BCUT2D eigenvalue weighted by molar-refractivity contribution is 0.108. The molecule has 1 atom stereocenters. The molecule has 0 aromatic heterocycles. The monoisotopic (exact) mass is 240 g/mol. The summed E-state index contributed by atoms with van der Waals surface area (Å²) in [6.45, 7) is 21.4. The van der Waals surface area contributed by atoms with E-state index >= 15 is 0 Å². The third-order valence-corrected chi connectivity index (χ3v) is 4.68. The predicted octanol–water partition coefficient (Wildman–Crippen LogP) is 6.30. The SMILES string of the molecule is CC(CCC(C)(C)C)CCC(C)(C)C(C)(C)C. The molecule has 0 nitrogen and oxygen atoms in total. The first kappa shape index (κ1) is 17.0. The van der Waals surface area contributed by atoms with Crippen molar-refractivity contribution in [1.29, 1.82) is 0 Å². The molecule has 0 radical (unpaired) electrons. The fraction of sp³-hybridized carbons (Fsp3) is 1.00. The van der Waals surface area contributed by atoms with Crippen molar-refractivity contribution in [2.24, 2.45) is 22.2 Å². The highest BCUT2D eigenvalue weighted by molar-refractivity contribution is 4.82. The summed E-state index contributed by atoms with van der Waals surface area (Å²) >= 11 is 0. The molecule has 0 spiro atoms. The average Bonchev–Trinajstić information content (AvgIpc) is 2.08. The molecule has 0 aliphatic heterocycles. The molecule has 0 amide bonds. The third-order valence-electron chi connectivity index (χ3n) is 4.68. The van der Waals surface area contributed by atoms with Gasteiger partial charge in [-0.3, -0.25) is 0 Å². The summed E-state index contributed by atoms with van der Waals surface area (Å²) in [4.78, 5) is 0. The molecule has 0 aliphatic carbocycles. The standard InChI is InChI=1S/C17H36/c1-14(10-12-15(2,3)4)11-13-17(8,9)16(5,6)7/h14H,10-13H2,1-9H3. The number of rotatable bonds is 5. The van der Waals surface area contributed by atoms with Crippen LogP contribution < -0.4 is 0 Å². The van der Waals surface area contributed by atoms with Crippen LogP contribution in [0, 0.1) is 22.2 Å². The van der Waals surface area contributed by atoms with E-state index < -0.39 is 0 Å². The smallest absolute Gasteiger partial charge is 0.0305 e. The highest BCUT2D eigenvalue weighted by Gasteiger charge is 2.32. The first-order valence-corrected chi connectivity index (χ1v) is 7.35. The zero-order valence-corrected chi connectivity index (χ0v) is 13.9. The van der Waals surface area contributed by atoms with Crippen molar-refractivity contribution in [1.82, 2.24) is 0 Å². The van der Waals surface area contributed by atoms with Gasteiger partial charge in [-0.1, -0.05) is 75.2 Å². The van der Waals surface area contributed by atoms with E-state index in [0.29, 0.717) is 16.2 Å². The van der Waals surface area contributed by atoms with Crippen LogP contribution in [0.25, 0.3) is 0 Å². The number of hydrogen-bond acceptors (Lipinski definition) is 0. The summed E-state index contributed by atoms with van der Waals surface area (Å²) in [5.74, 6) is 0.871. The summed E-state index contributed by atoms with van der Waals surface area (Å²) in [7, 11) is 0. The van der Waals surface area contributed by atoms with Crippen molar-refractivity contribution < 1.29 is 0 Å². The minimum absolute atomic E-state index is 0.413. The Kier molecular flexibility index (Phi) is 5.76. The molecular weight excluding hydrogens is 204 g/mol. The molecule has 0 saturated heterocycles. The number of hydrogen-bond donors (Lipinski definition) is 0. The normalized spacial score (nSPS) is 16.1. The second-order valence-corrected chi connectivity index (χ2v) is 8.88. The zero-order valence-electron chi connectivity index (χ0n) is 13.9. The first-order chi connectivity index (χ1) is 7.35. The molecule has 0 rings (SSSR count). The lowest BCUT2D eigenvalue weighted by atomic mass is 9.66. The van der Waals surface area contributed by atoms with Crippen LogP contribution in [0.2, 0.25) is 0 Å². The van der Waals surface area contributed by atoms with Crippen molar-refractivity contribution >= 4 is 0 Å². The van der Waals surface area contributed by atoms with Gasteiger partial charge in [0.25, 0.3) is 0 Å². The highest BCUT2D eigenvalue weighted by Crippen LogP contribution is 2.42. The molecule has 0 heteroatoms. The van der Waals surface area contributed by atoms with Gasteiger partial charge in [-0.25, -0.2) is 0 Å². The summed E-state index contributed by atoms with van der Waals surface area (Å²) < 4.78 is 0. The lowest BCUT2D eigenvalue weighted by Gasteiger charge is -2.39. The van der Waals surface area contributed by atoms with Gasteiger partial charge in [0.05, 0.1) is 0 Å². The van der Waals surface area contributed by atoms with Crippen molar-refractivity contribution in [2.75, 3.05) is 0 Å². The van der Waals surface area contributed by atoms with E-state index in [0.717, 1.165) is 5.92 Å². The molecule has 0 N–H and O–H groups in total. The summed E-state index contributed by atoms with van der Waals surface area (Å²) in [5, 5.41) is 0. The van der Waals surface area contributed by atoms with Crippen molar-refractivity contribution in [2.45, 2.75) is 88.0 Å². The maximum absolute atomic E-state index is 2.42. The van der Waals surface area contributed by atoms with Crippen LogP contribution in [0.5, 0.6) is 0 Å². The predicted molar refractivity (Wildman–Crippen MR) is 80.3 cm³/mol. The largest absolute Gasteiger partial charge is 0.0625 e. The van der Waals surface area contributed by atoms with Crippen molar-refractivity contribution in [3.05, 3.63) is 0 Å². The van der Waals surface area contributed by atoms with Crippen LogP contribution in [0.15, 0.2) is 0 Å². The van der Waals surface area contributed by atoms with E-state index in [1.807, 2.05) is 0 Å². The van der Waals surface area contributed by atoms with Crippen molar-refractivity contribution in [3.8, 4) is 0 Å². The minimum atomic E-state index is 0.413. The van der Waals surface area contributed by atoms with Crippen LogP contribution in [-0.4, -0.2) is 0 Å². The average molecular weight is 240 g/mol. The van der Waals surface area contributed by atoms with Gasteiger partial charge in [-0.2, -0.15) is 0 Å². The Morgan fingerprint density at radius 3 is 1.47 bits per heavy atom. The molecule has 0 aliphatic rings. The maximum atomic E-state index is 2.42. The van der Waals surface area contributed by atoms with Gasteiger partial charge in [0, 0.05) is 0 Å². The Morgan fingerprint density at radius 1 is 0.706 bits per heavy atom. The Bertz CT molecular complexity index is 209. The molecule has 0 fully saturated rings. The van der Waals surface area contributed by atoms with Crippen LogP contribution in [0.4, 0.5) is 0 Å². The fourth-order valence-corrected chi connectivity index (χ4v) is 1.81. The quantitative estimate of drug-likeness (QED) is 0.529. The molecule has 0 bridgehead atoms. The summed E-state index contributed by atoms with van der Waals surface area (Å²) in [6.07, 6.45) is 5.45. The van der Waals surface area contributed by atoms with Gasteiger partial charge in [0.15, 0.2) is 0 Å². The molecule has 0 aromatic carbocycles. The van der Waals surface area contributed by atoms with Crippen molar-refractivity contribution in [3.63, 3.8) is 0 Å². The van der Waals surface area contributed by atoms with E-state index in [1.165, 1.54) is 25.7 Å². The Balaban J connectivity index is 4.04. The third kappa shape index (κ3) is 7.11. The van der Waals surface area contributed by atoms with Crippen LogP contribution in [0.3, 0.4) is 0 Å². The van der Waals surface area contributed by atoms with E-state index in [-0.39, 0.29) is 0 Å². The Morgan fingerprint density at radius 2 is 1.12 bits per heavy atom. The lowest BCUT2D eigenvalue weighted by Crippen LogP contribution is -2.30. The molecule has 0 aromatic rings. The van der Waals surface area contributed by atoms with E-state index in [9.17, 15) is 0 Å². The molecule has 17 heavy (non-hydrogen) atoms. The van der Waals surface area contributed by atoms with E-state index in [1.54, 1.807) is 0 Å². The molecule has 1 unspecified atom stereocenters. The first-order valence-electron chi connectivity index (χ1n) is 7.35. The van der Waals surface area contributed by atoms with Gasteiger partial charge < -0.3 is 0 Å². The van der Waals surface area contributed by atoms with Gasteiger partial charge in [0.1, 0.15) is 0 Å². The van der Waals surface area contributed by atoms with Gasteiger partial charge in [0.2, 0.25) is 0 Å². The second-order valence-electron chi connectivity index (χ2n) is 8.88. The molecular formula is C17H36. The maximum Gasteiger partial charge on any atom is -0.0305 e. The fourth-order valence-electron chi connectivity index (χ4n) is 1.81. The van der Waals surface area contributed by atoms with Crippen LogP contribution in [-0.2, 0) is 0 Å². The van der Waals surface area contributed by atoms with Crippen LogP contribution >= 0.6 is 0 Å². The minimum Gasteiger partial charge on any atom is -0.0625 e. The van der Waals surface area contributed by atoms with E-state index in [4.69, 9.17) is 0 Å².